The van der Waals surface area contributed by atoms with Crippen LogP contribution in [0.5, 0.6) is 0 Å². The first-order chi connectivity index (χ1) is 11.7. The van der Waals surface area contributed by atoms with Gasteiger partial charge in [0.05, 0.1) is 11.6 Å². The number of urea groups is 1. The minimum atomic E-state index is -0.340. The molecule has 3 rings (SSSR count). The summed E-state index contributed by atoms with van der Waals surface area (Å²) in [5.41, 5.74) is 1.63. The van der Waals surface area contributed by atoms with Crippen molar-refractivity contribution < 1.29 is 9.59 Å². The summed E-state index contributed by atoms with van der Waals surface area (Å²) in [4.78, 5) is 26.2. The topological polar surface area (TPSA) is 85.2 Å². The molecule has 0 spiro atoms. The van der Waals surface area contributed by atoms with Crippen molar-refractivity contribution in [3.05, 3.63) is 35.4 Å². The van der Waals surface area contributed by atoms with Crippen LogP contribution in [-0.4, -0.2) is 42.0 Å². The van der Waals surface area contributed by atoms with E-state index in [0.29, 0.717) is 31.1 Å². The Kier molecular flexibility index (Phi) is 4.99. The van der Waals surface area contributed by atoms with Gasteiger partial charge in [0, 0.05) is 19.1 Å². The number of nitrogens with zero attached hydrogens (tertiary/aromatic N) is 2. The average molecular weight is 326 g/mol. The van der Waals surface area contributed by atoms with Crippen LogP contribution in [-0.2, 0) is 11.2 Å². The van der Waals surface area contributed by atoms with Crippen molar-refractivity contribution in [1.82, 2.24) is 15.5 Å². The third-order valence-electron chi connectivity index (χ3n) is 4.49. The fourth-order valence-corrected chi connectivity index (χ4v) is 3.02. The standard InChI is InChI=1S/C18H22N4O2/c19-12-14-4-1-3-13(11-14)8-9-20-18(24)22-10-2-5-16(22)17(23)21-15-6-7-15/h1,3-4,11,15-16H,2,5-10H2,(H,20,24)(H,21,23)/t16-/m1/s1. The van der Waals surface area contributed by atoms with E-state index in [2.05, 4.69) is 16.7 Å². The van der Waals surface area contributed by atoms with Crippen LogP contribution in [0.25, 0.3) is 0 Å². The van der Waals surface area contributed by atoms with Gasteiger partial charge in [0.2, 0.25) is 5.91 Å². The quantitative estimate of drug-likeness (QED) is 0.861. The monoisotopic (exact) mass is 326 g/mol. The van der Waals surface area contributed by atoms with Crippen LogP contribution >= 0.6 is 0 Å². The Morgan fingerprint density at radius 1 is 1.29 bits per heavy atom. The Morgan fingerprint density at radius 3 is 2.88 bits per heavy atom. The van der Waals surface area contributed by atoms with Gasteiger partial charge in [0.1, 0.15) is 6.04 Å². The van der Waals surface area contributed by atoms with Gasteiger partial charge in [-0.1, -0.05) is 12.1 Å². The SMILES string of the molecule is N#Cc1cccc(CCNC(=O)N2CCC[C@@H]2C(=O)NC2CC2)c1. The van der Waals surface area contributed by atoms with Gasteiger partial charge < -0.3 is 15.5 Å². The molecule has 1 aromatic rings. The molecule has 6 nitrogen and oxygen atoms in total. The maximum absolute atomic E-state index is 12.4. The predicted molar refractivity (Wildman–Crippen MR) is 89.2 cm³/mol. The average Bonchev–Trinajstić information content (AvgIpc) is 3.26. The molecule has 1 aromatic carbocycles. The molecule has 1 saturated carbocycles. The van der Waals surface area contributed by atoms with Crippen molar-refractivity contribution in [2.45, 2.75) is 44.2 Å². The normalized spacial score (nSPS) is 19.6. The number of hydrogen-bond donors (Lipinski definition) is 2. The largest absolute Gasteiger partial charge is 0.352 e. The highest BCUT2D eigenvalue weighted by Gasteiger charge is 2.36. The number of carbonyl (C=O) groups excluding carboxylic acids is 2. The summed E-state index contributed by atoms with van der Waals surface area (Å²) in [7, 11) is 0. The number of amides is 3. The second-order valence-corrected chi connectivity index (χ2v) is 6.43. The summed E-state index contributed by atoms with van der Waals surface area (Å²) in [6.07, 6.45) is 4.35. The van der Waals surface area contributed by atoms with E-state index in [-0.39, 0.29) is 18.0 Å². The molecule has 2 aliphatic rings. The van der Waals surface area contributed by atoms with Crippen molar-refractivity contribution in [3.63, 3.8) is 0 Å². The molecule has 0 radical (unpaired) electrons. The number of hydrogen-bond acceptors (Lipinski definition) is 3. The molecule has 1 aliphatic carbocycles. The summed E-state index contributed by atoms with van der Waals surface area (Å²) in [5, 5.41) is 14.8. The Balaban J connectivity index is 1.48. The fourth-order valence-electron chi connectivity index (χ4n) is 3.02. The lowest BCUT2D eigenvalue weighted by atomic mass is 10.1. The predicted octanol–water partition coefficient (Wildman–Crippen LogP) is 1.55. The molecular weight excluding hydrogens is 304 g/mol. The zero-order valence-electron chi connectivity index (χ0n) is 13.6. The molecule has 6 heteroatoms. The first-order valence-corrected chi connectivity index (χ1v) is 8.51. The Morgan fingerprint density at radius 2 is 2.12 bits per heavy atom. The minimum absolute atomic E-state index is 0.0214. The molecule has 3 amide bonds. The summed E-state index contributed by atoms with van der Waals surface area (Å²) in [5.74, 6) is -0.0214. The van der Waals surface area contributed by atoms with Gasteiger partial charge in [-0.3, -0.25) is 4.79 Å². The van der Waals surface area contributed by atoms with Crippen LogP contribution < -0.4 is 10.6 Å². The summed E-state index contributed by atoms with van der Waals surface area (Å²) >= 11 is 0. The zero-order valence-corrected chi connectivity index (χ0v) is 13.6. The second-order valence-electron chi connectivity index (χ2n) is 6.43. The number of likely N-dealkylation sites (tertiary alicyclic amines) is 1. The van der Waals surface area contributed by atoms with Crippen molar-refractivity contribution in [2.24, 2.45) is 0 Å². The molecular formula is C18H22N4O2. The number of nitriles is 1. The molecule has 2 N–H and O–H groups in total. The van der Waals surface area contributed by atoms with Crippen LogP contribution in [0.15, 0.2) is 24.3 Å². The first-order valence-electron chi connectivity index (χ1n) is 8.51. The van der Waals surface area contributed by atoms with Gasteiger partial charge in [0.15, 0.2) is 0 Å². The van der Waals surface area contributed by atoms with Crippen molar-refractivity contribution in [1.29, 1.82) is 5.26 Å². The van der Waals surface area contributed by atoms with Crippen LogP contribution in [0.1, 0.15) is 36.8 Å². The summed E-state index contributed by atoms with van der Waals surface area (Å²) in [6.45, 7) is 1.11. The van der Waals surface area contributed by atoms with E-state index in [1.54, 1.807) is 11.0 Å². The molecule has 1 aliphatic heterocycles. The molecule has 1 saturated heterocycles. The van der Waals surface area contributed by atoms with Crippen LogP contribution in [0.2, 0.25) is 0 Å². The molecule has 0 bridgehead atoms. The maximum Gasteiger partial charge on any atom is 0.318 e. The molecule has 0 unspecified atom stereocenters. The highest BCUT2D eigenvalue weighted by molar-refractivity contribution is 5.88. The minimum Gasteiger partial charge on any atom is -0.352 e. The first kappa shape index (κ1) is 16.3. The molecule has 0 aromatic heterocycles. The molecule has 2 fully saturated rings. The lowest BCUT2D eigenvalue weighted by molar-refractivity contribution is -0.124. The number of rotatable bonds is 5. The van der Waals surface area contributed by atoms with Crippen molar-refractivity contribution in [3.8, 4) is 6.07 Å². The van der Waals surface area contributed by atoms with E-state index in [0.717, 1.165) is 31.2 Å². The highest BCUT2D eigenvalue weighted by atomic mass is 16.2. The van der Waals surface area contributed by atoms with E-state index in [4.69, 9.17) is 5.26 Å². The third-order valence-corrected chi connectivity index (χ3v) is 4.49. The van der Waals surface area contributed by atoms with Gasteiger partial charge in [-0.05, 0) is 49.8 Å². The Bertz CT molecular complexity index is 663. The Labute approximate surface area is 141 Å². The number of carbonyl (C=O) groups is 2. The van der Waals surface area contributed by atoms with Gasteiger partial charge in [-0.25, -0.2) is 4.79 Å². The van der Waals surface area contributed by atoms with Crippen molar-refractivity contribution in [2.75, 3.05) is 13.1 Å². The number of benzene rings is 1. The Hall–Kier alpha value is -2.55. The van der Waals surface area contributed by atoms with E-state index in [1.807, 2.05) is 18.2 Å². The van der Waals surface area contributed by atoms with Gasteiger partial charge in [-0.15, -0.1) is 0 Å². The van der Waals surface area contributed by atoms with Gasteiger partial charge >= 0.3 is 6.03 Å². The third kappa shape index (κ3) is 4.05. The summed E-state index contributed by atoms with van der Waals surface area (Å²) in [6, 6.07) is 9.27. The highest BCUT2D eigenvalue weighted by Crippen LogP contribution is 2.22. The van der Waals surface area contributed by atoms with E-state index in [1.165, 1.54) is 0 Å². The van der Waals surface area contributed by atoms with Gasteiger partial charge in [-0.2, -0.15) is 5.26 Å². The maximum atomic E-state index is 12.4. The van der Waals surface area contributed by atoms with Crippen molar-refractivity contribution >= 4 is 11.9 Å². The molecule has 126 valence electrons. The van der Waals surface area contributed by atoms with E-state index in [9.17, 15) is 9.59 Å². The van der Waals surface area contributed by atoms with E-state index < -0.39 is 0 Å². The second kappa shape index (κ2) is 7.35. The smallest absolute Gasteiger partial charge is 0.318 e. The lowest BCUT2D eigenvalue weighted by Gasteiger charge is -2.24. The molecule has 24 heavy (non-hydrogen) atoms. The fraction of sp³-hybridized carbons (Fsp3) is 0.500. The van der Waals surface area contributed by atoms with Crippen LogP contribution in [0, 0.1) is 11.3 Å². The van der Waals surface area contributed by atoms with Gasteiger partial charge in [0.25, 0.3) is 0 Å². The molecule has 1 heterocycles. The summed E-state index contributed by atoms with van der Waals surface area (Å²) < 4.78 is 0. The van der Waals surface area contributed by atoms with Crippen LogP contribution in [0.3, 0.4) is 0 Å². The number of nitrogens with one attached hydrogen (secondary N) is 2. The zero-order chi connectivity index (χ0) is 16.9. The van der Waals surface area contributed by atoms with Crippen LogP contribution in [0.4, 0.5) is 4.79 Å². The lowest BCUT2D eigenvalue weighted by Crippen LogP contribution is -2.50. The molecule has 1 atom stereocenters. The van der Waals surface area contributed by atoms with E-state index >= 15 is 0 Å².